The fourth-order valence-corrected chi connectivity index (χ4v) is 4.78. The van der Waals surface area contributed by atoms with E-state index in [9.17, 15) is 8.42 Å². The molecule has 0 aromatic heterocycles. The third kappa shape index (κ3) is 1.56. The highest BCUT2D eigenvalue weighted by Gasteiger charge is 2.63. The zero-order valence-corrected chi connectivity index (χ0v) is 11.5. The molecular formula is C15H16O3S. The first-order chi connectivity index (χ1) is 9.06. The molecule has 4 heteroatoms. The highest BCUT2D eigenvalue weighted by molar-refractivity contribution is 7.86. The van der Waals surface area contributed by atoms with Gasteiger partial charge in [-0.05, 0) is 49.1 Å². The number of hydrogen-bond donors (Lipinski definition) is 0. The van der Waals surface area contributed by atoms with Gasteiger partial charge in [0.05, 0.1) is 11.0 Å². The van der Waals surface area contributed by atoms with Crippen molar-refractivity contribution in [1.29, 1.82) is 0 Å². The molecule has 0 amide bonds. The zero-order valence-electron chi connectivity index (χ0n) is 10.7. The molecule has 0 bridgehead atoms. The summed E-state index contributed by atoms with van der Waals surface area (Å²) >= 11 is 0. The topological polar surface area (TPSA) is 43.4 Å². The summed E-state index contributed by atoms with van der Waals surface area (Å²) in [5.74, 6) is 2.41. The second kappa shape index (κ2) is 3.70. The summed E-state index contributed by atoms with van der Waals surface area (Å²) in [6.07, 6.45) is 5.22. The number of hydrogen-bond acceptors (Lipinski definition) is 3. The third-order valence-electron chi connectivity index (χ3n) is 4.93. The SMILES string of the molecule is Cc1ccc(S(=O)(=O)O[C@@H]2C[C@@H]3[C@@H]4C=C[C@H]4[C@H]32)cc1. The van der Waals surface area contributed by atoms with Crippen LogP contribution in [0, 0.1) is 30.6 Å². The first-order valence-electron chi connectivity index (χ1n) is 6.74. The van der Waals surface area contributed by atoms with Gasteiger partial charge in [-0.3, -0.25) is 4.18 Å². The standard InChI is InChI=1S/C15H16O3S/c1-9-2-4-10(5-3-9)19(16,17)18-14-8-13-11-6-7-12(11)15(13)14/h2-7,11-15H,8H2,1H3/t11-,12-,13-,14-,15-/m1/s1. The Morgan fingerprint density at radius 3 is 2.37 bits per heavy atom. The monoisotopic (exact) mass is 276 g/mol. The van der Waals surface area contributed by atoms with Gasteiger partial charge in [-0.25, -0.2) is 0 Å². The lowest BCUT2D eigenvalue weighted by atomic mass is 9.42. The molecule has 0 N–H and O–H groups in total. The van der Waals surface area contributed by atoms with E-state index in [1.54, 1.807) is 24.3 Å². The molecule has 2 fully saturated rings. The minimum atomic E-state index is -3.60. The number of rotatable bonds is 3. The van der Waals surface area contributed by atoms with Crippen LogP contribution in [0.5, 0.6) is 0 Å². The van der Waals surface area contributed by atoms with Gasteiger partial charge in [0.1, 0.15) is 0 Å². The molecule has 1 aromatic carbocycles. The average molecular weight is 276 g/mol. The van der Waals surface area contributed by atoms with Gasteiger partial charge in [-0.2, -0.15) is 8.42 Å². The van der Waals surface area contributed by atoms with E-state index >= 15 is 0 Å². The summed E-state index contributed by atoms with van der Waals surface area (Å²) in [4.78, 5) is 0.265. The summed E-state index contributed by atoms with van der Waals surface area (Å²) in [7, 11) is -3.60. The molecule has 19 heavy (non-hydrogen) atoms. The zero-order chi connectivity index (χ0) is 13.2. The average Bonchev–Trinajstić information content (AvgIpc) is 2.33. The Hall–Kier alpha value is -1.13. The quantitative estimate of drug-likeness (QED) is 0.629. The summed E-state index contributed by atoms with van der Waals surface area (Å²) in [5.41, 5.74) is 1.05. The smallest absolute Gasteiger partial charge is 0.263 e. The molecule has 5 atom stereocenters. The highest BCUT2D eigenvalue weighted by Crippen LogP contribution is 2.64. The van der Waals surface area contributed by atoms with Crippen LogP contribution in [0.1, 0.15) is 12.0 Å². The van der Waals surface area contributed by atoms with E-state index in [1.807, 2.05) is 6.92 Å². The van der Waals surface area contributed by atoms with Crippen molar-refractivity contribution in [2.75, 3.05) is 0 Å². The van der Waals surface area contributed by atoms with Crippen LogP contribution < -0.4 is 0 Å². The highest BCUT2D eigenvalue weighted by atomic mass is 32.2. The van der Waals surface area contributed by atoms with Crippen molar-refractivity contribution in [2.45, 2.75) is 24.3 Å². The van der Waals surface area contributed by atoms with E-state index in [4.69, 9.17) is 4.18 Å². The number of allylic oxidation sites excluding steroid dienone is 2. The van der Waals surface area contributed by atoms with Gasteiger partial charge in [0.15, 0.2) is 0 Å². The van der Waals surface area contributed by atoms with Gasteiger partial charge in [0.25, 0.3) is 10.1 Å². The molecule has 2 saturated carbocycles. The van der Waals surface area contributed by atoms with E-state index in [2.05, 4.69) is 12.2 Å². The normalized spacial score (nSPS) is 38.5. The fraction of sp³-hybridized carbons (Fsp3) is 0.467. The van der Waals surface area contributed by atoms with E-state index in [-0.39, 0.29) is 11.0 Å². The molecule has 0 spiro atoms. The van der Waals surface area contributed by atoms with Crippen LogP contribution >= 0.6 is 0 Å². The van der Waals surface area contributed by atoms with Crippen molar-refractivity contribution in [2.24, 2.45) is 23.7 Å². The van der Waals surface area contributed by atoms with E-state index < -0.39 is 10.1 Å². The Labute approximate surface area is 113 Å². The Bertz CT molecular complexity index is 644. The van der Waals surface area contributed by atoms with Gasteiger partial charge in [0.2, 0.25) is 0 Å². The predicted molar refractivity (Wildman–Crippen MR) is 71.0 cm³/mol. The van der Waals surface area contributed by atoms with Crippen LogP contribution in [0.4, 0.5) is 0 Å². The second-order valence-electron chi connectivity index (χ2n) is 5.92. The Balaban J connectivity index is 1.50. The molecule has 1 aromatic rings. The minimum absolute atomic E-state index is 0.109. The van der Waals surface area contributed by atoms with Crippen molar-refractivity contribution in [3.05, 3.63) is 42.0 Å². The first kappa shape index (κ1) is 11.7. The third-order valence-corrected chi connectivity index (χ3v) is 6.28. The molecule has 0 heterocycles. The molecule has 100 valence electrons. The van der Waals surface area contributed by atoms with Crippen LogP contribution in [0.3, 0.4) is 0 Å². The van der Waals surface area contributed by atoms with E-state index in [0.29, 0.717) is 23.7 Å². The summed E-state index contributed by atoms with van der Waals surface area (Å²) in [6, 6.07) is 6.84. The number of benzene rings is 1. The Morgan fingerprint density at radius 1 is 1.11 bits per heavy atom. The van der Waals surface area contributed by atoms with Crippen LogP contribution in [0.25, 0.3) is 0 Å². The maximum Gasteiger partial charge on any atom is 0.297 e. The Kier molecular flexibility index (Phi) is 2.28. The first-order valence-corrected chi connectivity index (χ1v) is 8.15. The molecular weight excluding hydrogens is 260 g/mol. The van der Waals surface area contributed by atoms with Gasteiger partial charge in [-0.1, -0.05) is 29.8 Å². The molecule has 0 saturated heterocycles. The van der Waals surface area contributed by atoms with Gasteiger partial charge >= 0.3 is 0 Å². The van der Waals surface area contributed by atoms with Crippen molar-refractivity contribution in [3.8, 4) is 0 Å². The van der Waals surface area contributed by atoms with Crippen molar-refractivity contribution in [3.63, 3.8) is 0 Å². The summed E-state index contributed by atoms with van der Waals surface area (Å²) in [5, 5.41) is 0. The number of aryl methyl sites for hydroxylation is 1. The molecule has 3 aliphatic carbocycles. The maximum absolute atomic E-state index is 12.2. The fourth-order valence-electron chi connectivity index (χ4n) is 3.67. The summed E-state index contributed by atoms with van der Waals surface area (Å²) in [6.45, 7) is 1.94. The van der Waals surface area contributed by atoms with Crippen LogP contribution in [0.2, 0.25) is 0 Å². The maximum atomic E-state index is 12.2. The van der Waals surface area contributed by atoms with Crippen LogP contribution in [-0.4, -0.2) is 14.5 Å². The van der Waals surface area contributed by atoms with Crippen LogP contribution in [-0.2, 0) is 14.3 Å². The lowest BCUT2D eigenvalue weighted by Crippen LogP contribution is -2.63. The van der Waals surface area contributed by atoms with E-state index in [1.165, 1.54) is 0 Å². The Morgan fingerprint density at radius 2 is 1.79 bits per heavy atom. The van der Waals surface area contributed by atoms with Gasteiger partial charge in [0, 0.05) is 0 Å². The van der Waals surface area contributed by atoms with Crippen LogP contribution in [0.15, 0.2) is 41.3 Å². The molecule has 0 radical (unpaired) electrons. The molecule has 3 aliphatic rings. The largest absolute Gasteiger partial charge is 0.297 e. The predicted octanol–water partition coefficient (Wildman–Crippen LogP) is 2.52. The van der Waals surface area contributed by atoms with Gasteiger partial charge < -0.3 is 0 Å². The minimum Gasteiger partial charge on any atom is -0.263 e. The van der Waals surface area contributed by atoms with Crippen molar-refractivity contribution >= 4 is 10.1 Å². The summed E-state index contributed by atoms with van der Waals surface area (Å²) < 4.78 is 29.8. The lowest BCUT2D eigenvalue weighted by molar-refractivity contribution is -0.154. The van der Waals surface area contributed by atoms with Gasteiger partial charge in [-0.15, -0.1) is 0 Å². The van der Waals surface area contributed by atoms with Crippen molar-refractivity contribution < 1.29 is 12.6 Å². The molecule has 0 aliphatic heterocycles. The molecule has 3 nitrogen and oxygen atoms in total. The number of fused-ring (bicyclic) bond motifs is 4. The molecule has 4 rings (SSSR count). The second-order valence-corrected chi connectivity index (χ2v) is 7.49. The van der Waals surface area contributed by atoms with Crippen molar-refractivity contribution in [1.82, 2.24) is 0 Å². The molecule has 0 unspecified atom stereocenters. The van der Waals surface area contributed by atoms with E-state index in [0.717, 1.165) is 12.0 Å². The lowest BCUT2D eigenvalue weighted by Gasteiger charge is -2.64.